The molecule has 8 aromatic carbocycles. The molecule has 1 N–H and O–H groups in total. The Bertz CT molecular complexity index is 3010. The summed E-state index contributed by atoms with van der Waals surface area (Å²) in [6, 6.07) is 65.0. The van der Waals surface area contributed by atoms with Crippen LogP contribution in [0.3, 0.4) is 0 Å². The minimum atomic E-state index is 0.137. The Labute approximate surface area is 321 Å². The monoisotopic (exact) mass is 720 g/mol. The molecular formula is C50H32N4O2. The maximum atomic E-state index is 10.1. The quantitative estimate of drug-likeness (QED) is 0.186. The molecule has 0 saturated heterocycles. The lowest BCUT2D eigenvalue weighted by Crippen LogP contribution is -1.95. The first-order valence-electron chi connectivity index (χ1n) is 18.6. The van der Waals surface area contributed by atoms with Crippen LogP contribution in [0.2, 0.25) is 0 Å². The van der Waals surface area contributed by atoms with Gasteiger partial charge < -0.3 is 18.7 Å². The molecule has 11 rings (SSSR count). The number of hydrogen-bond acceptors (Lipinski definition) is 4. The highest BCUT2D eigenvalue weighted by Gasteiger charge is 2.18. The highest BCUT2D eigenvalue weighted by Crippen LogP contribution is 2.38. The standard InChI is InChI=1S/C50H32N4O2/c55-40-17-11-14-34(31-40)49-51-52-50(56-49)37-27-35(32-12-9-15-38(29-32)53-45-22-5-1-18-41(45)42-19-2-6-23-46(42)53)26-36(28-37)33-13-10-16-39(30-33)54-47-24-7-3-20-43(47)44-21-4-8-25-48(44)54/h1-31,55H. The molecule has 11 aromatic rings. The number of hydrogen-bond donors (Lipinski definition) is 1. The average Bonchev–Trinajstić information content (AvgIpc) is 3.97. The van der Waals surface area contributed by atoms with Crippen LogP contribution in [-0.2, 0) is 0 Å². The molecule has 0 aliphatic rings. The first kappa shape index (κ1) is 31.8. The van der Waals surface area contributed by atoms with Gasteiger partial charge in [0.05, 0.1) is 22.1 Å². The highest BCUT2D eigenvalue weighted by atomic mass is 16.4. The molecule has 0 aliphatic carbocycles. The number of aromatic nitrogens is 4. The Morgan fingerprint density at radius 1 is 0.339 bits per heavy atom. The van der Waals surface area contributed by atoms with E-state index < -0.39 is 0 Å². The van der Waals surface area contributed by atoms with Crippen molar-refractivity contribution in [2.24, 2.45) is 0 Å². The summed E-state index contributed by atoms with van der Waals surface area (Å²) >= 11 is 0. The van der Waals surface area contributed by atoms with Gasteiger partial charge in [-0.25, -0.2) is 0 Å². The van der Waals surface area contributed by atoms with E-state index in [1.807, 2.05) is 6.07 Å². The number of nitrogens with zero attached hydrogens (tertiary/aromatic N) is 4. The van der Waals surface area contributed by atoms with Gasteiger partial charge in [0.15, 0.2) is 0 Å². The summed E-state index contributed by atoms with van der Waals surface area (Å²) in [4.78, 5) is 0. The second-order valence-corrected chi connectivity index (χ2v) is 14.1. The predicted molar refractivity (Wildman–Crippen MR) is 226 cm³/mol. The minimum absolute atomic E-state index is 0.137. The first-order valence-corrected chi connectivity index (χ1v) is 18.6. The van der Waals surface area contributed by atoms with E-state index in [0.29, 0.717) is 17.3 Å². The molecule has 0 atom stereocenters. The van der Waals surface area contributed by atoms with Gasteiger partial charge in [-0.3, -0.25) is 0 Å². The van der Waals surface area contributed by atoms with E-state index in [1.165, 1.54) is 21.5 Å². The summed E-state index contributed by atoms with van der Waals surface area (Å²) < 4.78 is 11.0. The summed E-state index contributed by atoms with van der Waals surface area (Å²) in [6.45, 7) is 0. The topological polar surface area (TPSA) is 69.0 Å². The Kier molecular flexibility index (Phi) is 7.22. The number of aromatic hydroxyl groups is 1. The molecule has 0 unspecified atom stereocenters. The second kappa shape index (κ2) is 12.7. The molecule has 3 aromatic heterocycles. The molecule has 0 fully saturated rings. The normalized spacial score (nSPS) is 11.6. The van der Waals surface area contributed by atoms with E-state index in [1.54, 1.807) is 18.2 Å². The lowest BCUT2D eigenvalue weighted by atomic mass is 9.95. The minimum Gasteiger partial charge on any atom is -0.508 e. The van der Waals surface area contributed by atoms with Crippen molar-refractivity contribution in [1.82, 2.24) is 19.3 Å². The summed E-state index contributed by atoms with van der Waals surface area (Å²) in [7, 11) is 0. The van der Waals surface area contributed by atoms with Crippen molar-refractivity contribution in [3.8, 4) is 62.3 Å². The number of phenols is 1. The maximum Gasteiger partial charge on any atom is 0.248 e. The van der Waals surface area contributed by atoms with Crippen LogP contribution in [0.15, 0.2) is 192 Å². The van der Waals surface area contributed by atoms with Gasteiger partial charge in [-0.1, -0.05) is 103 Å². The van der Waals surface area contributed by atoms with Gasteiger partial charge in [0.1, 0.15) is 5.75 Å². The summed E-state index contributed by atoms with van der Waals surface area (Å²) in [5.74, 6) is 0.867. The van der Waals surface area contributed by atoms with Crippen LogP contribution in [0.4, 0.5) is 0 Å². The third-order valence-corrected chi connectivity index (χ3v) is 10.7. The highest BCUT2D eigenvalue weighted by molar-refractivity contribution is 6.10. The maximum absolute atomic E-state index is 10.1. The van der Waals surface area contributed by atoms with Crippen molar-refractivity contribution in [3.05, 3.63) is 188 Å². The molecule has 56 heavy (non-hydrogen) atoms. The van der Waals surface area contributed by atoms with Crippen LogP contribution in [0.25, 0.3) is 100 Å². The largest absolute Gasteiger partial charge is 0.508 e. The third-order valence-electron chi connectivity index (χ3n) is 10.7. The lowest BCUT2D eigenvalue weighted by Gasteiger charge is -2.14. The number of benzene rings is 8. The fraction of sp³-hybridized carbons (Fsp3) is 0. The van der Waals surface area contributed by atoms with Crippen LogP contribution in [0, 0.1) is 0 Å². The van der Waals surface area contributed by atoms with Gasteiger partial charge in [0.25, 0.3) is 0 Å². The fourth-order valence-corrected chi connectivity index (χ4v) is 8.23. The number of para-hydroxylation sites is 4. The molecule has 0 radical (unpaired) electrons. The van der Waals surface area contributed by atoms with Gasteiger partial charge in [0, 0.05) is 44.0 Å². The summed E-state index contributed by atoms with van der Waals surface area (Å²) in [5.41, 5.74) is 12.4. The zero-order valence-electron chi connectivity index (χ0n) is 30.0. The van der Waals surface area contributed by atoms with E-state index in [2.05, 4.69) is 183 Å². The van der Waals surface area contributed by atoms with E-state index in [9.17, 15) is 5.11 Å². The third kappa shape index (κ3) is 5.19. The molecule has 6 heteroatoms. The zero-order chi connectivity index (χ0) is 37.2. The average molecular weight is 721 g/mol. The molecule has 3 heterocycles. The van der Waals surface area contributed by atoms with Crippen LogP contribution < -0.4 is 0 Å². The van der Waals surface area contributed by atoms with Crippen LogP contribution in [0.5, 0.6) is 5.75 Å². The molecule has 0 aliphatic heterocycles. The Morgan fingerprint density at radius 3 is 1.20 bits per heavy atom. The Hall–Kier alpha value is -7.70. The van der Waals surface area contributed by atoms with E-state index in [4.69, 9.17) is 4.42 Å². The van der Waals surface area contributed by atoms with Gasteiger partial charge in [-0.15, -0.1) is 10.2 Å². The Balaban J connectivity index is 1.09. The van der Waals surface area contributed by atoms with Crippen molar-refractivity contribution in [2.45, 2.75) is 0 Å². The molecule has 0 amide bonds. The van der Waals surface area contributed by atoms with Gasteiger partial charge >= 0.3 is 0 Å². The second-order valence-electron chi connectivity index (χ2n) is 14.1. The van der Waals surface area contributed by atoms with Crippen LogP contribution in [0.1, 0.15) is 0 Å². The molecule has 0 spiro atoms. The van der Waals surface area contributed by atoms with Gasteiger partial charge in [0.2, 0.25) is 11.8 Å². The lowest BCUT2D eigenvalue weighted by molar-refractivity contribution is 0.475. The van der Waals surface area contributed by atoms with E-state index in [-0.39, 0.29) is 5.75 Å². The molecular weight excluding hydrogens is 689 g/mol. The fourth-order valence-electron chi connectivity index (χ4n) is 8.23. The van der Waals surface area contributed by atoms with Crippen LogP contribution >= 0.6 is 0 Å². The first-order chi connectivity index (χ1) is 27.7. The number of phenolic OH excluding ortho intramolecular Hbond substituents is 1. The summed E-state index contributed by atoms with van der Waals surface area (Å²) in [6.07, 6.45) is 0. The molecule has 6 nitrogen and oxygen atoms in total. The zero-order valence-corrected chi connectivity index (χ0v) is 30.0. The molecule has 264 valence electrons. The van der Waals surface area contributed by atoms with Gasteiger partial charge in [-0.2, -0.15) is 0 Å². The molecule has 0 saturated carbocycles. The number of rotatable bonds is 6. The summed E-state index contributed by atoms with van der Waals surface area (Å²) in [5, 5.41) is 23.9. The van der Waals surface area contributed by atoms with E-state index >= 15 is 0 Å². The predicted octanol–water partition coefficient (Wildman–Crippen LogP) is 12.6. The van der Waals surface area contributed by atoms with Gasteiger partial charge in [-0.05, 0) is 107 Å². The van der Waals surface area contributed by atoms with Crippen molar-refractivity contribution >= 4 is 43.6 Å². The molecule has 0 bridgehead atoms. The van der Waals surface area contributed by atoms with Crippen molar-refractivity contribution in [3.63, 3.8) is 0 Å². The van der Waals surface area contributed by atoms with Crippen molar-refractivity contribution < 1.29 is 9.52 Å². The SMILES string of the molecule is Oc1cccc(-c2nnc(-c3cc(-c4cccc(-n5c6ccccc6c6ccccc65)c4)cc(-c4cccc(-n5c6ccccc6c6ccccc65)c4)c3)o2)c1. The van der Waals surface area contributed by atoms with Crippen molar-refractivity contribution in [1.29, 1.82) is 0 Å². The van der Waals surface area contributed by atoms with E-state index in [0.717, 1.165) is 61.3 Å². The smallest absolute Gasteiger partial charge is 0.248 e. The number of fused-ring (bicyclic) bond motifs is 6. The Morgan fingerprint density at radius 2 is 0.732 bits per heavy atom. The van der Waals surface area contributed by atoms with Crippen molar-refractivity contribution in [2.75, 3.05) is 0 Å². The van der Waals surface area contributed by atoms with Crippen LogP contribution in [-0.4, -0.2) is 24.4 Å².